The Morgan fingerprint density at radius 1 is 1.06 bits per heavy atom. The molecule has 0 aliphatic carbocycles. The third-order valence-electron chi connectivity index (χ3n) is 4.63. The van der Waals surface area contributed by atoms with Gasteiger partial charge in [0.2, 0.25) is 10.9 Å². The summed E-state index contributed by atoms with van der Waals surface area (Å²) in [6.45, 7) is 3.96. The number of amides is 2. The van der Waals surface area contributed by atoms with Gasteiger partial charge in [0.25, 0.3) is 5.91 Å². The number of nitrogens with one attached hydrogen (secondary N) is 2. The highest BCUT2D eigenvalue weighted by atomic mass is 32.2. The van der Waals surface area contributed by atoms with Gasteiger partial charge < -0.3 is 10.6 Å². The first-order valence-electron chi connectivity index (χ1n) is 10.1. The Hall–Kier alpha value is -2.71. The second kappa shape index (κ2) is 11.6. The van der Waals surface area contributed by atoms with Crippen molar-refractivity contribution in [2.75, 3.05) is 11.1 Å². The fourth-order valence-electron chi connectivity index (χ4n) is 2.94. The molecule has 0 fully saturated rings. The van der Waals surface area contributed by atoms with E-state index in [-0.39, 0.29) is 17.9 Å². The number of anilines is 1. The first kappa shape index (κ1) is 23.0. The maximum absolute atomic E-state index is 12.4. The molecule has 1 aromatic heterocycles. The Balaban J connectivity index is 1.37. The Morgan fingerprint density at radius 3 is 2.58 bits per heavy atom. The monoisotopic (exact) mass is 454 g/mol. The molecule has 6 nitrogen and oxygen atoms in total. The number of carbonyl (C=O) groups excluding carboxylic acids is 2. The van der Waals surface area contributed by atoms with E-state index in [2.05, 4.69) is 33.0 Å². The van der Waals surface area contributed by atoms with E-state index in [1.165, 1.54) is 28.7 Å². The van der Waals surface area contributed by atoms with Crippen molar-refractivity contribution in [2.24, 2.45) is 0 Å². The number of nitrogens with zero attached hydrogens (tertiary/aromatic N) is 2. The van der Waals surface area contributed by atoms with Crippen LogP contribution in [0.2, 0.25) is 0 Å². The van der Waals surface area contributed by atoms with E-state index in [4.69, 9.17) is 0 Å². The van der Waals surface area contributed by atoms with Gasteiger partial charge in [-0.3, -0.25) is 9.59 Å². The number of hydrogen-bond acceptors (Lipinski definition) is 6. The minimum atomic E-state index is -0.270. The van der Waals surface area contributed by atoms with Crippen molar-refractivity contribution in [2.45, 2.75) is 38.5 Å². The van der Waals surface area contributed by atoms with Gasteiger partial charge in [-0.05, 0) is 43.9 Å². The fraction of sp³-hybridized carbons (Fsp3) is 0.304. The highest BCUT2D eigenvalue weighted by Gasteiger charge is 2.14. The Bertz CT molecular complexity index is 1010. The lowest BCUT2D eigenvalue weighted by Crippen LogP contribution is -2.34. The SMILES string of the molecule is Cc1ccccc1NC(=O)c1nnc(CSCC(=O)NC(C)CCc2ccccc2)s1. The molecule has 0 spiro atoms. The molecule has 2 amide bonds. The summed E-state index contributed by atoms with van der Waals surface area (Å²) in [6, 6.07) is 18.0. The van der Waals surface area contributed by atoms with Crippen LogP contribution in [0.3, 0.4) is 0 Å². The lowest BCUT2D eigenvalue weighted by atomic mass is 10.1. The maximum Gasteiger partial charge on any atom is 0.286 e. The average Bonchev–Trinajstić information content (AvgIpc) is 3.24. The van der Waals surface area contributed by atoms with Crippen LogP contribution in [0.15, 0.2) is 54.6 Å². The quantitative estimate of drug-likeness (QED) is 0.472. The molecule has 31 heavy (non-hydrogen) atoms. The first-order chi connectivity index (χ1) is 15.0. The molecule has 1 unspecified atom stereocenters. The van der Waals surface area contributed by atoms with E-state index in [9.17, 15) is 9.59 Å². The molecule has 0 bridgehead atoms. The smallest absolute Gasteiger partial charge is 0.286 e. The number of rotatable bonds is 10. The van der Waals surface area contributed by atoms with Gasteiger partial charge in [0.1, 0.15) is 5.01 Å². The van der Waals surface area contributed by atoms with Crippen molar-refractivity contribution in [3.8, 4) is 0 Å². The van der Waals surface area contributed by atoms with Gasteiger partial charge in [0.05, 0.1) is 5.75 Å². The van der Waals surface area contributed by atoms with Crippen LogP contribution in [-0.2, 0) is 17.0 Å². The zero-order valence-electron chi connectivity index (χ0n) is 17.6. The zero-order valence-corrected chi connectivity index (χ0v) is 19.3. The van der Waals surface area contributed by atoms with E-state index in [0.29, 0.717) is 16.5 Å². The van der Waals surface area contributed by atoms with E-state index < -0.39 is 0 Å². The van der Waals surface area contributed by atoms with E-state index >= 15 is 0 Å². The molecule has 3 aromatic rings. The zero-order chi connectivity index (χ0) is 22.1. The molecular formula is C23H26N4O2S2. The fourth-order valence-corrected chi connectivity index (χ4v) is 4.56. The first-order valence-corrected chi connectivity index (χ1v) is 12.1. The predicted octanol–water partition coefficient (Wildman–Crippen LogP) is 4.47. The van der Waals surface area contributed by atoms with Crippen molar-refractivity contribution < 1.29 is 9.59 Å². The van der Waals surface area contributed by atoms with E-state index in [1.807, 2.05) is 56.3 Å². The lowest BCUT2D eigenvalue weighted by molar-refractivity contribution is -0.119. The minimum Gasteiger partial charge on any atom is -0.353 e. The standard InChI is InChI=1S/C23H26N4O2S2/c1-16-8-6-7-11-19(16)25-22(29)23-27-26-21(31-23)15-30-14-20(28)24-17(2)12-13-18-9-4-3-5-10-18/h3-11,17H,12-15H2,1-2H3,(H,24,28)(H,25,29). The number of benzene rings is 2. The largest absolute Gasteiger partial charge is 0.353 e. The summed E-state index contributed by atoms with van der Waals surface area (Å²) >= 11 is 2.72. The molecular weight excluding hydrogens is 428 g/mol. The van der Waals surface area contributed by atoms with Crippen LogP contribution in [0.1, 0.15) is 39.3 Å². The molecule has 0 aliphatic heterocycles. The molecule has 8 heteroatoms. The maximum atomic E-state index is 12.4. The summed E-state index contributed by atoms with van der Waals surface area (Å²) in [5.41, 5.74) is 3.02. The Morgan fingerprint density at radius 2 is 1.81 bits per heavy atom. The summed E-state index contributed by atoms with van der Waals surface area (Å²) in [5.74, 6) is 0.627. The predicted molar refractivity (Wildman–Crippen MR) is 128 cm³/mol. The summed E-state index contributed by atoms with van der Waals surface area (Å²) in [4.78, 5) is 24.5. The normalized spacial score (nSPS) is 11.7. The highest BCUT2D eigenvalue weighted by molar-refractivity contribution is 7.99. The van der Waals surface area contributed by atoms with E-state index in [0.717, 1.165) is 29.1 Å². The van der Waals surface area contributed by atoms with Crippen LogP contribution in [0.5, 0.6) is 0 Å². The average molecular weight is 455 g/mol. The Kier molecular flexibility index (Phi) is 8.61. The molecule has 1 heterocycles. The number of aryl methyl sites for hydroxylation is 2. The Labute approximate surface area is 190 Å². The van der Waals surface area contributed by atoms with Crippen molar-refractivity contribution in [1.82, 2.24) is 15.5 Å². The molecule has 2 aromatic carbocycles. The third kappa shape index (κ3) is 7.48. The molecule has 0 saturated carbocycles. The second-order valence-electron chi connectivity index (χ2n) is 7.26. The second-order valence-corrected chi connectivity index (χ2v) is 9.30. The molecule has 2 N–H and O–H groups in total. The molecule has 0 radical (unpaired) electrons. The van der Waals surface area contributed by atoms with Crippen LogP contribution in [-0.4, -0.2) is 33.8 Å². The summed E-state index contributed by atoms with van der Waals surface area (Å²) < 4.78 is 0. The number of para-hydroxylation sites is 1. The van der Waals surface area contributed by atoms with Gasteiger partial charge in [-0.15, -0.1) is 22.0 Å². The van der Waals surface area contributed by atoms with Crippen LogP contribution < -0.4 is 10.6 Å². The number of aromatic nitrogens is 2. The lowest BCUT2D eigenvalue weighted by Gasteiger charge is -2.13. The third-order valence-corrected chi connectivity index (χ3v) is 6.68. The van der Waals surface area contributed by atoms with Crippen LogP contribution in [0.4, 0.5) is 5.69 Å². The van der Waals surface area contributed by atoms with Crippen molar-refractivity contribution in [1.29, 1.82) is 0 Å². The van der Waals surface area contributed by atoms with Crippen molar-refractivity contribution in [3.63, 3.8) is 0 Å². The highest BCUT2D eigenvalue weighted by Crippen LogP contribution is 2.19. The van der Waals surface area contributed by atoms with Crippen molar-refractivity contribution in [3.05, 3.63) is 75.7 Å². The number of carbonyl (C=O) groups is 2. The van der Waals surface area contributed by atoms with Gasteiger partial charge in [-0.2, -0.15) is 0 Å². The molecule has 0 saturated heterocycles. The topological polar surface area (TPSA) is 84.0 Å². The molecule has 1 atom stereocenters. The van der Waals surface area contributed by atoms with Crippen LogP contribution >= 0.6 is 23.1 Å². The van der Waals surface area contributed by atoms with Gasteiger partial charge >= 0.3 is 0 Å². The summed E-state index contributed by atoms with van der Waals surface area (Å²) in [7, 11) is 0. The minimum absolute atomic E-state index is 0.00703. The molecule has 3 rings (SSSR count). The van der Waals surface area contributed by atoms with E-state index in [1.54, 1.807) is 0 Å². The van der Waals surface area contributed by atoms with Gasteiger partial charge in [0.15, 0.2) is 0 Å². The van der Waals surface area contributed by atoms with Gasteiger partial charge in [-0.1, -0.05) is 59.9 Å². The van der Waals surface area contributed by atoms with Crippen molar-refractivity contribution >= 4 is 40.6 Å². The molecule has 162 valence electrons. The summed E-state index contributed by atoms with van der Waals surface area (Å²) in [6.07, 6.45) is 1.84. The van der Waals surface area contributed by atoms with Crippen LogP contribution in [0, 0.1) is 6.92 Å². The number of hydrogen-bond donors (Lipinski definition) is 2. The summed E-state index contributed by atoms with van der Waals surface area (Å²) in [5, 5.41) is 15.0. The number of thioether (sulfide) groups is 1. The van der Waals surface area contributed by atoms with Crippen LogP contribution in [0.25, 0.3) is 0 Å². The molecule has 0 aliphatic rings. The van der Waals surface area contributed by atoms with Gasteiger partial charge in [-0.25, -0.2) is 0 Å². The van der Waals surface area contributed by atoms with Gasteiger partial charge in [0, 0.05) is 17.5 Å².